The molecule has 1 rings (SSSR count). The molecule has 3 nitrogen and oxygen atoms in total. The van der Waals surface area contributed by atoms with Crippen LogP contribution in [0.25, 0.3) is 0 Å². The van der Waals surface area contributed by atoms with E-state index < -0.39 is 0 Å². The summed E-state index contributed by atoms with van der Waals surface area (Å²) in [4.78, 5) is 4.43. The Kier molecular flexibility index (Phi) is 5.80. The van der Waals surface area contributed by atoms with Gasteiger partial charge in [-0.1, -0.05) is 13.8 Å². The van der Waals surface area contributed by atoms with Crippen molar-refractivity contribution in [3.05, 3.63) is 23.4 Å². The second-order valence-corrected chi connectivity index (χ2v) is 6.59. The second kappa shape index (κ2) is 6.90. The molecule has 0 amide bonds. The van der Waals surface area contributed by atoms with E-state index in [1.165, 1.54) is 5.56 Å². The Morgan fingerprint density at radius 3 is 2.53 bits per heavy atom. The van der Waals surface area contributed by atoms with Crippen molar-refractivity contribution in [2.24, 2.45) is 5.92 Å². The number of nitrogens with zero attached hydrogens (tertiary/aromatic N) is 1. The first-order valence-corrected chi connectivity index (χ1v) is 7.11. The first-order valence-electron chi connectivity index (χ1n) is 7.11. The van der Waals surface area contributed by atoms with Crippen molar-refractivity contribution in [3.8, 4) is 5.88 Å². The van der Waals surface area contributed by atoms with Gasteiger partial charge in [-0.2, -0.15) is 0 Å². The molecule has 0 bridgehead atoms. The number of hydrogen-bond acceptors (Lipinski definition) is 3. The minimum absolute atomic E-state index is 0.121. The molecule has 0 aromatic carbocycles. The summed E-state index contributed by atoms with van der Waals surface area (Å²) in [6.45, 7) is 14.5. The highest BCUT2D eigenvalue weighted by molar-refractivity contribution is 5.24. The van der Waals surface area contributed by atoms with Gasteiger partial charge in [0.2, 0.25) is 5.88 Å². The molecular weight excluding hydrogens is 236 g/mol. The van der Waals surface area contributed by atoms with Crippen LogP contribution in [-0.4, -0.2) is 17.1 Å². The fourth-order valence-corrected chi connectivity index (χ4v) is 1.65. The Bertz CT molecular complexity index is 394. The molecular formula is C16H28N2O. The summed E-state index contributed by atoms with van der Waals surface area (Å²) in [5, 5.41) is 3.48. The number of hydrogen-bond donors (Lipinski definition) is 1. The van der Waals surface area contributed by atoms with Crippen molar-refractivity contribution in [2.75, 3.05) is 6.61 Å². The molecule has 1 heterocycles. The maximum Gasteiger partial charge on any atom is 0.213 e. The van der Waals surface area contributed by atoms with Crippen LogP contribution >= 0.6 is 0 Å². The first-order chi connectivity index (χ1) is 8.76. The molecule has 0 aliphatic carbocycles. The van der Waals surface area contributed by atoms with E-state index in [0.717, 1.165) is 31.1 Å². The zero-order valence-corrected chi connectivity index (χ0v) is 13.2. The molecule has 0 saturated carbocycles. The van der Waals surface area contributed by atoms with E-state index in [2.05, 4.69) is 51.0 Å². The molecule has 108 valence electrons. The predicted octanol–water partition coefficient (Wildman–Crippen LogP) is 3.70. The molecule has 1 N–H and O–H groups in total. The summed E-state index contributed by atoms with van der Waals surface area (Å²) in [7, 11) is 0. The fraction of sp³-hybridized carbons (Fsp3) is 0.688. The molecule has 0 aliphatic heterocycles. The largest absolute Gasteiger partial charge is 0.478 e. The molecule has 0 fully saturated rings. The van der Waals surface area contributed by atoms with Crippen LogP contribution in [0.2, 0.25) is 0 Å². The van der Waals surface area contributed by atoms with Crippen molar-refractivity contribution < 1.29 is 4.74 Å². The Balaban J connectivity index is 2.61. The van der Waals surface area contributed by atoms with Crippen LogP contribution in [0, 0.1) is 12.8 Å². The van der Waals surface area contributed by atoms with Crippen LogP contribution in [0.4, 0.5) is 0 Å². The average Bonchev–Trinajstić information content (AvgIpc) is 2.24. The minimum atomic E-state index is 0.121. The van der Waals surface area contributed by atoms with E-state index in [-0.39, 0.29) is 5.54 Å². The maximum absolute atomic E-state index is 5.73. The van der Waals surface area contributed by atoms with Gasteiger partial charge in [0.15, 0.2) is 0 Å². The lowest BCUT2D eigenvalue weighted by Gasteiger charge is -2.21. The van der Waals surface area contributed by atoms with E-state index in [9.17, 15) is 0 Å². The summed E-state index contributed by atoms with van der Waals surface area (Å²) in [6.07, 6.45) is 1.06. The predicted molar refractivity (Wildman–Crippen MR) is 80.5 cm³/mol. The molecule has 0 radical (unpaired) electrons. The fourth-order valence-electron chi connectivity index (χ4n) is 1.65. The van der Waals surface area contributed by atoms with Crippen LogP contribution < -0.4 is 10.1 Å². The topological polar surface area (TPSA) is 34.1 Å². The number of aromatic nitrogens is 1. The third-order valence-corrected chi connectivity index (χ3v) is 2.76. The highest BCUT2D eigenvalue weighted by Gasteiger charge is 2.09. The Hall–Kier alpha value is -1.09. The van der Waals surface area contributed by atoms with Crippen molar-refractivity contribution in [1.82, 2.24) is 10.3 Å². The molecule has 0 unspecified atom stereocenters. The summed E-state index contributed by atoms with van der Waals surface area (Å²) in [5.41, 5.74) is 2.35. The smallest absolute Gasteiger partial charge is 0.213 e. The Morgan fingerprint density at radius 2 is 1.95 bits per heavy atom. The summed E-state index contributed by atoms with van der Waals surface area (Å²) in [5.74, 6) is 1.40. The van der Waals surface area contributed by atoms with Crippen LogP contribution in [-0.2, 0) is 6.54 Å². The zero-order chi connectivity index (χ0) is 14.5. The van der Waals surface area contributed by atoms with E-state index in [4.69, 9.17) is 4.74 Å². The van der Waals surface area contributed by atoms with Gasteiger partial charge in [-0.25, -0.2) is 4.98 Å². The molecule has 0 saturated heterocycles. The van der Waals surface area contributed by atoms with Crippen molar-refractivity contribution in [3.63, 3.8) is 0 Å². The number of nitrogens with one attached hydrogen (secondary N) is 1. The van der Waals surface area contributed by atoms with Crippen LogP contribution in [0.1, 0.15) is 52.3 Å². The van der Waals surface area contributed by atoms with Gasteiger partial charge >= 0.3 is 0 Å². The van der Waals surface area contributed by atoms with Crippen LogP contribution in [0.3, 0.4) is 0 Å². The summed E-state index contributed by atoms with van der Waals surface area (Å²) in [6, 6.07) is 4.14. The molecule has 3 heteroatoms. The third-order valence-electron chi connectivity index (χ3n) is 2.76. The lowest BCUT2D eigenvalue weighted by molar-refractivity contribution is 0.278. The van der Waals surface area contributed by atoms with E-state index in [1.807, 2.05) is 13.0 Å². The number of aryl methyl sites for hydroxylation is 1. The lowest BCUT2D eigenvalue weighted by Crippen LogP contribution is -2.35. The van der Waals surface area contributed by atoms with Crippen molar-refractivity contribution in [1.29, 1.82) is 0 Å². The van der Waals surface area contributed by atoms with Crippen molar-refractivity contribution >= 4 is 0 Å². The van der Waals surface area contributed by atoms with Gasteiger partial charge in [0.1, 0.15) is 0 Å². The molecule has 0 spiro atoms. The van der Waals surface area contributed by atoms with E-state index in [0.29, 0.717) is 5.92 Å². The van der Waals surface area contributed by atoms with Gasteiger partial charge < -0.3 is 10.1 Å². The normalized spacial score (nSPS) is 11.9. The Labute approximate surface area is 117 Å². The van der Waals surface area contributed by atoms with Gasteiger partial charge in [0.05, 0.1) is 6.61 Å². The van der Waals surface area contributed by atoms with Crippen LogP contribution in [0.5, 0.6) is 5.88 Å². The molecule has 0 atom stereocenters. The highest BCUT2D eigenvalue weighted by Crippen LogP contribution is 2.14. The molecule has 1 aromatic heterocycles. The minimum Gasteiger partial charge on any atom is -0.478 e. The van der Waals surface area contributed by atoms with Gasteiger partial charge in [0, 0.05) is 23.8 Å². The zero-order valence-electron chi connectivity index (χ0n) is 13.2. The second-order valence-electron chi connectivity index (χ2n) is 6.59. The standard InChI is InChI=1S/C16H28N2O/c1-12(2)7-8-19-15-10-14(9-13(3)18-15)11-17-16(4,5)6/h9-10,12,17H,7-8,11H2,1-6H3. The average molecular weight is 264 g/mol. The Morgan fingerprint density at radius 1 is 1.26 bits per heavy atom. The van der Waals surface area contributed by atoms with Gasteiger partial charge in [0.25, 0.3) is 0 Å². The maximum atomic E-state index is 5.73. The van der Waals surface area contributed by atoms with Crippen molar-refractivity contribution in [2.45, 2.75) is 60.0 Å². The molecule has 1 aromatic rings. The number of pyridine rings is 1. The summed E-state index contributed by atoms with van der Waals surface area (Å²) < 4.78 is 5.73. The van der Waals surface area contributed by atoms with Crippen LogP contribution in [0.15, 0.2) is 12.1 Å². The molecule has 19 heavy (non-hydrogen) atoms. The van der Waals surface area contributed by atoms with Gasteiger partial charge in [-0.15, -0.1) is 0 Å². The number of rotatable bonds is 6. The quantitative estimate of drug-likeness (QED) is 0.850. The lowest BCUT2D eigenvalue weighted by atomic mass is 10.1. The highest BCUT2D eigenvalue weighted by atomic mass is 16.5. The SMILES string of the molecule is Cc1cc(CNC(C)(C)C)cc(OCCC(C)C)n1. The first kappa shape index (κ1) is 16.0. The molecule has 0 aliphatic rings. The van der Waals surface area contributed by atoms with Gasteiger partial charge in [-0.05, 0) is 51.7 Å². The monoisotopic (exact) mass is 264 g/mol. The summed E-state index contributed by atoms with van der Waals surface area (Å²) >= 11 is 0. The van der Waals surface area contributed by atoms with Gasteiger partial charge in [-0.3, -0.25) is 0 Å². The third kappa shape index (κ3) is 7.16. The van der Waals surface area contributed by atoms with E-state index >= 15 is 0 Å². The van der Waals surface area contributed by atoms with E-state index in [1.54, 1.807) is 0 Å². The number of ether oxygens (including phenoxy) is 1.